The van der Waals surface area contributed by atoms with Crippen LogP contribution >= 0.6 is 0 Å². The first-order valence-corrected chi connectivity index (χ1v) is 6.69. The molecule has 4 heteroatoms. The van der Waals surface area contributed by atoms with Crippen molar-refractivity contribution in [3.05, 3.63) is 77.6 Å². The number of nitrogens with two attached hydrogens (primary N) is 1. The number of aliphatic imine (C=N–C) groups is 1. The van der Waals surface area contributed by atoms with E-state index in [-0.39, 0.29) is 0 Å². The molecule has 2 aromatic rings. The van der Waals surface area contributed by atoms with Gasteiger partial charge in [0.05, 0.1) is 18.0 Å². The fourth-order valence-electron chi connectivity index (χ4n) is 1.79. The lowest BCUT2D eigenvalue weighted by Crippen LogP contribution is -2.09. The minimum absolute atomic E-state index is 0.310. The van der Waals surface area contributed by atoms with E-state index in [0.717, 1.165) is 5.56 Å². The van der Waals surface area contributed by atoms with Gasteiger partial charge in [0.15, 0.2) is 0 Å². The highest BCUT2D eigenvalue weighted by Crippen LogP contribution is 2.08. The topological polar surface area (TPSA) is 75.1 Å². The van der Waals surface area contributed by atoms with Gasteiger partial charge in [0.25, 0.3) is 0 Å². The molecule has 106 valence electrons. The first kappa shape index (κ1) is 14.7. The van der Waals surface area contributed by atoms with Crippen LogP contribution in [0.4, 0.5) is 0 Å². The third-order valence-electron chi connectivity index (χ3n) is 3.05. The van der Waals surface area contributed by atoms with Crippen LogP contribution in [-0.2, 0) is 6.54 Å². The van der Waals surface area contributed by atoms with Crippen LogP contribution < -0.4 is 5.73 Å². The van der Waals surface area contributed by atoms with E-state index in [4.69, 9.17) is 11.1 Å². The summed E-state index contributed by atoms with van der Waals surface area (Å²) in [5, 5.41) is 7.89. The molecule has 21 heavy (non-hydrogen) atoms. The fraction of sp³-hybridized carbons (Fsp3) is 0.118. The lowest BCUT2D eigenvalue weighted by Gasteiger charge is -2.01. The normalized spacial score (nSPS) is 11.8. The molecule has 0 radical (unpaired) electrons. The average molecular weight is 278 g/mol. The molecule has 0 atom stereocenters. The van der Waals surface area contributed by atoms with E-state index in [1.54, 1.807) is 24.4 Å². The molecule has 2 rings (SSSR count). The molecule has 0 bridgehead atoms. The molecule has 0 saturated carbocycles. The summed E-state index contributed by atoms with van der Waals surface area (Å²) >= 11 is 0. The van der Waals surface area contributed by atoms with Crippen LogP contribution in [-0.4, -0.2) is 16.5 Å². The molecule has 0 amide bonds. The molecule has 4 nitrogen and oxygen atoms in total. The number of pyridine rings is 1. The number of amidine groups is 1. The average Bonchev–Trinajstić information content (AvgIpc) is 2.52. The van der Waals surface area contributed by atoms with Gasteiger partial charge >= 0.3 is 0 Å². The van der Waals surface area contributed by atoms with Crippen LogP contribution in [0.15, 0.2) is 65.8 Å². The number of nitrogens with zero attached hydrogens (tertiary/aromatic N) is 2. The van der Waals surface area contributed by atoms with Crippen molar-refractivity contribution in [2.45, 2.75) is 13.5 Å². The van der Waals surface area contributed by atoms with Crippen LogP contribution in [0, 0.1) is 12.3 Å². The van der Waals surface area contributed by atoms with Gasteiger partial charge in [-0.15, -0.1) is 0 Å². The molecule has 0 unspecified atom stereocenters. The van der Waals surface area contributed by atoms with Gasteiger partial charge < -0.3 is 5.73 Å². The summed E-state index contributed by atoms with van der Waals surface area (Å²) in [4.78, 5) is 8.42. The van der Waals surface area contributed by atoms with Crippen molar-refractivity contribution >= 4 is 11.5 Å². The minimum atomic E-state index is 0.310. The number of aromatic nitrogens is 1. The zero-order chi connectivity index (χ0) is 15.1. The molecular weight excluding hydrogens is 260 g/mol. The summed E-state index contributed by atoms with van der Waals surface area (Å²) < 4.78 is 0. The third-order valence-corrected chi connectivity index (χ3v) is 3.05. The number of aryl methyl sites for hydroxylation is 1. The lowest BCUT2D eigenvalue weighted by atomic mass is 10.1. The summed E-state index contributed by atoms with van der Waals surface area (Å²) in [5.74, 6) is 0.402. The van der Waals surface area contributed by atoms with Gasteiger partial charge in [0.2, 0.25) is 0 Å². The van der Waals surface area contributed by atoms with Crippen LogP contribution in [0.3, 0.4) is 0 Å². The van der Waals surface area contributed by atoms with E-state index in [0.29, 0.717) is 23.8 Å². The Balaban J connectivity index is 1.99. The summed E-state index contributed by atoms with van der Waals surface area (Å²) in [7, 11) is 0. The summed E-state index contributed by atoms with van der Waals surface area (Å²) in [6.07, 6.45) is 4.90. The summed E-state index contributed by atoms with van der Waals surface area (Å²) in [5.41, 5.74) is 9.11. The fourth-order valence-corrected chi connectivity index (χ4v) is 1.79. The SMILES string of the molecule is Cc1ccccc1CN=C(N)/C=C\C(=N)c1ccccn1. The molecule has 0 aliphatic heterocycles. The second kappa shape index (κ2) is 7.14. The smallest absolute Gasteiger partial charge is 0.118 e. The Morgan fingerprint density at radius 3 is 2.67 bits per heavy atom. The molecular formula is C17H18N4. The monoisotopic (exact) mass is 278 g/mol. The Hall–Kier alpha value is -2.75. The van der Waals surface area contributed by atoms with Gasteiger partial charge in [0, 0.05) is 6.20 Å². The summed E-state index contributed by atoms with van der Waals surface area (Å²) in [6, 6.07) is 13.5. The Bertz CT molecular complexity index is 672. The van der Waals surface area contributed by atoms with Gasteiger partial charge in [-0.1, -0.05) is 30.3 Å². The van der Waals surface area contributed by atoms with Crippen molar-refractivity contribution in [1.82, 2.24) is 4.98 Å². The predicted octanol–water partition coefficient (Wildman–Crippen LogP) is 2.87. The maximum atomic E-state index is 7.89. The maximum absolute atomic E-state index is 7.89. The Morgan fingerprint density at radius 2 is 1.95 bits per heavy atom. The van der Waals surface area contributed by atoms with Crippen molar-refractivity contribution in [2.75, 3.05) is 0 Å². The van der Waals surface area contributed by atoms with E-state index in [9.17, 15) is 0 Å². The predicted molar refractivity (Wildman–Crippen MR) is 86.7 cm³/mol. The maximum Gasteiger partial charge on any atom is 0.118 e. The molecule has 0 fully saturated rings. The van der Waals surface area contributed by atoms with Crippen LogP contribution in [0.5, 0.6) is 0 Å². The molecule has 1 heterocycles. The van der Waals surface area contributed by atoms with Gasteiger partial charge in [0.1, 0.15) is 5.84 Å². The first-order valence-electron chi connectivity index (χ1n) is 6.69. The molecule has 0 saturated heterocycles. The quantitative estimate of drug-likeness (QED) is 0.652. The Morgan fingerprint density at radius 1 is 1.19 bits per heavy atom. The van der Waals surface area contributed by atoms with Crippen LogP contribution in [0.1, 0.15) is 16.8 Å². The number of nitrogens with one attached hydrogen (secondary N) is 1. The number of allylic oxidation sites excluding steroid dienone is 1. The molecule has 0 spiro atoms. The standard InChI is InChI=1S/C17H18N4/c1-13-6-2-3-7-14(13)12-21-17(19)10-9-15(18)16-8-4-5-11-20-16/h2-11,18H,12H2,1H3,(H2,19,21)/b10-9-,18-15?. The van der Waals surface area contributed by atoms with Crippen molar-refractivity contribution in [2.24, 2.45) is 10.7 Å². The van der Waals surface area contributed by atoms with Gasteiger partial charge in [-0.2, -0.15) is 0 Å². The highest BCUT2D eigenvalue weighted by molar-refractivity contribution is 6.08. The van der Waals surface area contributed by atoms with Crippen molar-refractivity contribution in [3.63, 3.8) is 0 Å². The van der Waals surface area contributed by atoms with Crippen LogP contribution in [0.25, 0.3) is 0 Å². The molecule has 1 aromatic carbocycles. The zero-order valence-corrected chi connectivity index (χ0v) is 12.0. The lowest BCUT2D eigenvalue weighted by molar-refractivity contribution is 1.04. The Kier molecular flexibility index (Phi) is 4.99. The number of hydrogen-bond acceptors (Lipinski definition) is 3. The second-order valence-corrected chi connectivity index (χ2v) is 4.63. The number of benzene rings is 1. The van der Waals surface area contributed by atoms with E-state index in [1.165, 1.54) is 5.56 Å². The van der Waals surface area contributed by atoms with Gasteiger partial charge in [-0.3, -0.25) is 15.4 Å². The van der Waals surface area contributed by atoms with Crippen molar-refractivity contribution < 1.29 is 0 Å². The molecule has 0 aliphatic carbocycles. The van der Waals surface area contributed by atoms with E-state index in [1.807, 2.05) is 43.3 Å². The Labute approximate surface area is 124 Å². The molecule has 0 aliphatic rings. The second-order valence-electron chi connectivity index (χ2n) is 4.63. The molecule has 1 aromatic heterocycles. The minimum Gasteiger partial charge on any atom is -0.384 e. The van der Waals surface area contributed by atoms with Gasteiger partial charge in [-0.25, -0.2) is 0 Å². The number of hydrogen-bond donors (Lipinski definition) is 2. The highest BCUT2D eigenvalue weighted by Gasteiger charge is 1.98. The largest absolute Gasteiger partial charge is 0.384 e. The van der Waals surface area contributed by atoms with E-state index >= 15 is 0 Å². The highest BCUT2D eigenvalue weighted by atomic mass is 14.8. The zero-order valence-electron chi connectivity index (χ0n) is 12.0. The van der Waals surface area contributed by atoms with Crippen LogP contribution in [0.2, 0.25) is 0 Å². The van der Waals surface area contributed by atoms with E-state index in [2.05, 4.69) is 9.98 Å². The number of rotatable bonds is 5. The van der Waals surface area contributed by atoms with E-state index < -0.39 is 0 Å². The summed E-state index contributed by atoms with van der Waals surface area (Å²) in [6.45, 7) is 2.59. The first-order chi connectivity index (χ1) is 10.2. The van der Waals surface area contributed by atoms with Crippen molar-refractivity contribution in [3.8, 4) is 0 Å². The van der Waals surface area contributed by atoms with Gasteiger partial charge in [-0.05, 0) is 42.3 Å². The molecule has 3 N–H and O–H groups in total. The third kappa shape index (κ3) is 4.38. The van der Waals surface area contributed by atoms with Crippen molar-refractivity contribution in [1.29, 1.82) is 5.41 Å².